The average Bonchev–Trinajstić information content (AvgIpc) is 2.99. The minimum atomic E-state index is -0.255. The van der Waals surface area contributed by atoms with Crippen LogP contribution in [0.2, 0.25) is 5.02 Å². The zero-order valence-electron chi connectivity index (χ0n) is 16.6. The average molecular weight is 411 g/mol. The Balaban J connectivity index is 1.73. The maximum Gasteiger partial charge on any atom is 0.255 e. The number of aryl methyl sites for hydroxylation is 1. The molecule has 150 valence electrons. The Morgan fingerprint density at radius 1 is 1.03 bits per heavy atom. The predicted molar refractivity (Wildman–Crippen MR) is 115 cm³/mol. The Morgan fingerprint density at radius 2 is 1.76 bits per heavy atom. The number of aromatic nitrogens is 2. The van der Waals surface area contributed by atoms with Crippen LogP contribution in [0.3, 0.4) is 0 Å². The van der Waals surface area contributed by atoms with E-state index in [1.54, 1.807) is 41.1 Å². The van der Waals surface area contributed by atoms with Crippen LogP contribution in [0.25, 0.3) is 5.69 Å². The van der Waals surface area contributed by atoms with Crippen LogP contribution in [0.1, 0.15) is 45.4 Å². The summed E-state index contributed by atoms with van der Waals surface area (Å²) in [5.41, 5.74) is 4.00. The zero-order valence-corrected chi connectivity index (χ0v) is 17.4. The van der Waals surface area contributed by atoms with Gasteiger partial charge < -0.3 is 10.6 Å². The lowest BCUT2D eigenvalue weighted by atomic mass is 10.1. The first-order valence-corrected chi connectivity index (χ1v) is 9.80. The smallest absolute Gasteiger partial charge is 0.255 e. The number of hydrogen-bond donors (Lipinski definition) is 2. The fraction of sp³-hybridized carbons (Fsp3) is 0.227. The molecule has 2 amide bonds. The molecule has 0 aliphatic rings. The van der Waals surface area contributed by atoms with Crippen LogP contribution in [0.5, 0.6) is 0 Å². The molecule has 2 aromatic carbocycles. The summed E-state index contributed by atoms with van der Waals surface area (Å²) in [5, 5.41) is 10.7. The van der Waals surface area contributed by atoms with E-state index in [0.717, 1.165) is 23.5 Å². The van der Waals surface area contributed by atoms with Gasteiger partial charge >= 0.3 is 0 Å². The lowest BCUT2D eigenvalue weighted by molar-refractivity contribution is 0.0952. The van der Waals surface area contributed by atoms with Crippen LogP contribution < -0.4 is 10.6 Å². The highest BCUT2D eigenvalue weighted by molar-refractivity contribution is 6.31. The molecule has 29 heavy (non-hydrogen) atoms. The van der Waals surface area contributed by atoms with Gasteiger partial charge in [0.15, 0.2) is 0 Å². The normalized spacial score (nSPS) is 10.6. The van der Waals surface area contributed by atoms with Gasteiger partial charge in [-0.3, -0.25) is 9.59 Å². The molecule has 0 unspecified atom stereocenters. The number of halogens is 1. The monoisotopic (exact) mass is 410 g/mol. The number of nitrogens with one attached hydrogen (secondary N) is 2. The van der Waals surface area contributed by atoms with Gasteiger partial charge in [0.1, 0.15) is 0 Å². The maximum atomic E-state index is 12.6. The van der Waals surface area contributed by atoms with E-state index >= 15 is 0 Å². The zero-order chi connectivity index (χ0) is 21.0. The number of hydrogen-bond acceptors (Lipinski definition) is 3. The van der Waals surface area contributed by atoms with E-state index in [4.69, 9.17) is 11.6 Å². The van der Waals surface area contributed by atoms with Crippen LogP contribution in [0, 0.1) is 13.8 Å². The van der Waals surface area contributed by atoms with Crippen LogP contribution in [-0.2, 0) is 0 Å². The first-order chi connectivity index (χ1) is 13.9. The van der Waals surface area contributed by atoms with Crippen molar-refractivity contribution in [2.45, 2.75) is 27.2 Å². The second-order valence-electron chi connectivity index (χ2n) is 6.73. The molecule has 0 saturated heterocycles. The fourth-order valence-corrected chi connectivity index (χ4v) is 3.03. The van der Waals surface area contributed by atoms with Crippen molar-refractivity contribution in [1.82, 2.24) is 15.1 Å². The molecule has 0 atom stereocenters. The Hall–Kier alpha value is -3.12. The number of nitrogens with zero attached hydrogens (tertiary/aromatic N) is 2. The molecular weight excluding hydrogens is 388 g/mol. The molecule has 2 N–H and O–H groups in total. The second kappa shape index (κ2) is 8.92. The van der Waals surface area contributed by atoms with Crippen LogP contribution in [0.4, 0.5) is 5.69 Å². The van der Waals surface area contributed by atoms with Crippen molar-refractivity contribution >= 4 is 29.1 Å². The SMILES string of the molecule is CCCNC(=O)c1cccc(NC(=O)c2ccc(-n3nc(C)c(Cl)c3C)cc2)c1. The predicted octanol–water partition coefficient (Wildman–Crippen LogP) is 4.53. The van der Waals surface area contributed by atoms with E-state index in [1.807, 2.05) is 32.9 Å². The van der Waals surface area contributed by atoms with E-state index in [-0.39, 0.29) is 11.8 Å². The number of carbonyl (C=O) groups excluding carboxylic acids is 2. The Bertz CT molecular complexity index is 1040. The Labute approximate surface area is 174 Å². The van der Waals surface area contributed by atoms with Gasteiger partial charge in [-0.2, -0.15) is 5.10 Å². The minimum absolute atomic E-state index is 0.157. The molecule has 0 saturated carbocycles. The highest BCUT2D eigenvalue weighted by atomic mass is 35.5. The number of rotatable bonds is 6. The summed E-state index contributed by atoms with van der Waals surface area (Å²) in [6.07, 6.45) is 0.863. The molecule has 0 aliphatic carbocycles. The summed E-state index contributed by atoms with van der Waals surface area (Å²) in [4.78, 5) is 24.7. The van der Waals surface area contributed by atoms with Gasteiger partial charge in [0.05, 0.1) is 22.1 Å². The number of carbonyl (C=O) groups is 2. The van der Waals surface area contributed by atoms with Crippen molar-refractivity contribution in [3.8, 4) is 5.69 Å². The van der Waals surface area contributed by atoms with Crippen molar-refractivity contribution in [3.63, 3.8) is 0 Å². The number of anilines is 1. The van der Waals surface area contributed by atoms with Gasteiger partial charge in [-0.05, 0) is 62.7 Å². The third kappa shape index (κ3) is 4.66. The molecule has 1 aromatic heterocycles. The highest BCUT2D eigenvalue weighted by Gasteiger charge is 2.12. The fourth-order valence-electron chi connectivity index (χ4n) is 2.91. The topological polar surface area (TPSA) is 76.0 Å². The first-order valence-electron chi connectivity index (χ1n) is 9.42. The number of amides is 2. The molecule has 3 aromatic rings. The quantitative estimate of drug-likeness (QED) is 0.626. The van der Waals surface area contributed by atoms with E-state index in [1.165, 1.54) is 0 Å². The standard InChI is InChI=1S/C22H23ClN4O2/c1-4-12-24-21(28)17-6-5-7-18(13-17)25-22(29)16-8-10-19(11-9-16)27-15(3)20(23)14(2)26-27/h5-11,13H,4,12H2,1-3H3,(H,24,28)(H,25,29). The van der Waals surface area contributed by atoms with Crippen LogP contribution in [0.15, 0.2) is 48.5 Å². The summed E-state index contributed by atoms with van der Waals surface area (Å²) in [7, 11) is 0. The summed E-state index contributed by atoms with van der Waals surface area (Å²) in [5.74, 6) is -0.412. The molecule has 0 radical (unpaired) electrons. The lowest BCUT2D eigenvalue weighted by Crippen LogP contribution is -2.24. The summed E-state index contributed by atoms with van der Waals surface area (Å²) >= 11 is 6.21. The Morgan fingerprint density at radius 3 is 2.38 bits per heavy atom. The molecule has 1 heterocycles. The lowest BCUT2D eigenvalue weighted by Gasteiger charge is -2.09. The van der Waals surface area contributed by atoms with Gasteiger partial charge in [0.25, 0.3) is 11.8 Å². The van der Waals surface area contributed by atoms with E-state index < -0.39 is 0 Å². The first kappa shape index (κ1) is 20.6. The van der Waals surface area contributed by atoms with Crippen molar-refractivity contribution in [2.24, 2.45) is 0 Å². The van der Waals surface area contributed by atoms with E-state index in [9.17, 15) is 9.59 Å². The molecule has 0 fully saturated rings. The van der Waals surface area contributed by atoms with Gasteiger partial charge in [0.2, 0.25) is 0 Å². The van der Waals surface area contributed by atoms with Gasteiger partial charge in [-0.15, -0.1) is 0 Å². The summed E-state index contributed by atoms with van der Waals surface area (Å²) in [6.45, 7) is 6.35. The molecule has 0 bridgehead atoms. The molecule has 6 nitrogen and oxygen atoms in total. The summed E-state index contributed by atoms with van der Waals surface area (Å²) in [6, 6.07) is 14.0. The number of benzene rings is 2. The highest BCUT2D eigenvalue weighted by Crippen LogP contribution is 2.22. The molecule has 7 heteroatoms. The third-order valence-corrected chi connectivity index (χ3v) is 5.04. The largest absolute Gasteiger partial charge is 0.352 e. The van der Waals surface area contributed by atoms with Crippen LogP contribution in [-0.4, -0.2) is 28.1 Å². The third-order valence-electron chi connectivity index (χ3n) is 4.50. The minimum Gasteiger partial charge on any atom is -0.352 e. The van der Waals surface area contributed by atoms with Crippen molar-refractivity contribution < 1.29 is 9.59 Å². The van der Waals surface area contributed by atoms with Crippen LogP contribution >= 0.6 is 11.6 Å². The van der Waals surface area contributed by atoms with Crippen molar-refractivity contribution in [2.75, 3.05) is 11.9 Å². The van der Waals surface area contributed by atoms with Crippen molar-refractivity contribution in [1.29, 1.82) is 0 Å². The molecule has 0 spiro atoms. The Kier molecular flexibility index (Phi) is 6.34. The van der Waals surface area contributed by atoms with Crippen molar-refractivity contribution in [3.05, 3.63) is 76.1 Å². The van der Waals surface area contributed by atoms with Gasteiger partial charge in [0, 0.05) is 23.4 Å². The summed E-state index contributed by atoms with van der Waals surface area (Å²) < 4.78 is 1.75. The molecular formula is C22H23ClN4O2. The van der Waals surface area contributed by atoms with E-state index in [0.29, 0.717) is 28.4 Å². The molecule has 0 aliphatic heterocycles. The van der Waals surface area contributed by atoms with Gasteiger partial charge in [-0.25, -0.2) is 4.68 Å². The van der Waals surface area contributed by atoms with Gasteiger partial charge in [-0.1, -0.05) is 24.6 Å². The second-order valence-corrected chi connectivity index (χ2v) is 7.11. The van der Waals surface area contributed by atoms with E-state index in [2.05, 4.69) is 15.7 Å². The molecule has 3 rings (SSSR count). The maximum absolute atomic E-state index is 12.6.